The summed E-state index contributed by atoms with van der Waals surface area (Å²) in [6.45, 7) is 2.42. The van der Waals surface area contributed by atoms with Crippen LogP contribution >= 0.6 is 11.6 Å². The summed E-state index contributed by atoms with van der Waals surface area (Å²) in [6, 6.07) is 11.2. The van der Waals surface area contributed by atoms with Gasteiger partial charge in [0.1, 0.15) is 17.5 Å². The largest absolute Gasteiger partial charge is 0.368 e. The van der Waals surface area contributed by atoms with Gasteiger partial charge in [-0.1, -0.05) is 35.9 Å². The molecule has 10 heteroatoms. The molecule has 1 heterocycles. The summed E-state index contributed by atoms with van der Waals surface area (Å²) in [6.07, 6.45) is 0.876. The molecule has 1 amide bonds. The van der Waals surface area contributed by atoms with Crippen molar-refractivity contribution in [3.05, 3.63) is 64.4 Å². The number of sulfone groups is 1. The zero-order valence-electron chi connectivity index (χ0n) is 17.8. The van der Waals surface area contributed by atoms with Crippen LogP contribution in [-0.2, 0) is 21.1 Å². The maximum atomic E-state index is 13.1. The van der Waals surface area contributed by atoms with Crippen molar-refractivity contribution in [2.45, 2.75) is 17.7 Å². The molecule has 0 radical (unpaired) electrons. The summed E-state index contributed by atoms with van der Waals surface area (Å²) in [7, 11) is -2.00. The SMILES string of the molecule is CN(CCc1ccc(C2=NCCN2)cc1)C(=O)CCNCS(=O)(=O)c1ccc(F)cc1Cl. The van der Waals surface area contributed by atoms with Crippen LogP contribution in [0.4, 0.5) is 4.39 Å². The molecule has 0 unspecified atom stereocenters. The Morgan fingerprint density at radius 3 is 2.66 bits per heavy atom. The molecule has 2 aromatic rings. The number of carbonyl (C=O) groups excluding carboxylic acids is 1. The fourth-order valence-electron chi connectivity index (χ4n) is 3.24. The third-order valence-electron chi connectivity index (χ3n) is 5.10. The van der Waals surface area contributed by atoms with Crippen LogP contribution in [0.15, 0.2) is 52.4 Å². The van der Waals surface area contributed by atoms with E-state index >= 15 is 0 Å². The Balaban J connectivity index is 1.40. The number of aliphatic imine (C=N–C) groups is 1. The number of benzene rings is 2. The van der Waals surface area contributed by atoms with Crippen molar-refractivity contribution < 1.29 is 17.6 Å². The molecule has 0 spiro atoms. The van der Waals surface area contributed by atoms with Crippen LogP contribution in [0.1, 0.15) is 17.5 Å². The lowest BCUT2D eigenvalue weighted by molar-refractivity contribution is -0.129. The lowest BCUT2D eigenvalue weighted by Crippen LogP contribution is -2.33. The molecular weight excluding hydrogens is 455 g/mol. The second-order valence-electron chi connectivity index (χ2n) is 7.50. The first-order valence-electron chi connectivity index (χ1n) is 10.3. The van der Waals surface area contributed by atoms with Gasteiger partial charge in [0.2, 0.25) is 5.91 Å². The van der Waals surface area contributed by atoms with Crippen molar-refractivity contribution in [3.63, 3.8) is 0 Å². The first-order valence-corrected chi connectivity index (χ1v) is 12.3. The number of hydrogen-bond acceptors (Lipinski definition) is 6. The van der Waals surface area contributed by atoms with Gasteiger partial charge in [-0.15, -0.1) is 0 Å². The number of hydrogen-bond donors (Lipinski definition) is 2. The topological polar surface area (TPSA) is 90.9 Å². The summed E-state index contributed by atoms with van der Waals surface area (Å²) in [5.74, 6) is -0.162. The van der Waals surface area contributed by atoms with E-state index < -0.39 is 15.7 Å². The lowest BCUT2D eigenvalue weighted by Gasteiger charge is -2.17. The smallest absolute Gasteiger partial charge is 0.223 e. The van der Waals surface area contributed by atoms with Crippen LogP contribution in [0.5, 0.6) is 0 Å². The molecule has 7 nitrogen and oxygen atoms in total. The highest BCUT2D eigenvalue weighted by Gasteiger charge is 2.18. The van der Waals surface area contributed by atoms with Crippen LogP contribution in [0, 0.1) is 5.82 Å². The lowest BCUT2D eigenvalue weighted by atomic mass is 10.1. The number of carbonyl (C=O) groups is 1. The molecule has 0 bridgehead atoms. The molecule has 2 aromatic carbocycles. The molecule has 3 rings (SSSR count). The summed E-state index contributed by atoms with van der Waals surface area (Å²) in [5.41, 5.74) is 2.17. The zero-order valence-corrected chi connectivity index (χ0v) is 19.3. The second kappa shape index (κ2) is 10.9. The Morgan fingerprint density at radius 2 is 2.00 bits per heavy atom. The molecule has 1 aliphatic heterocycles. The van der Waals surface area contributed by atoms with Crippen LogP contribution < -0.4 is 10.6 Å². The average Bonchev–Trinajstić information content (AvgIpc) is 3.30. The fraction of sp³-hybridized carbons (Fsp3) is 0.364. The van der Waals surface area contributed by atoms with Gasteiger partial charge in [0, 0.05) is 38.7 Å². The first kappa shape index (κ1) is 24.2. The Hall–Kier alpha value is -2.49. The molecule has 0 aliphatic carbocycles. The summed E-state index contributed by atoms with van der Waals surface area (Å²) < 4.78 is 37.8. The van der Waals surface area contributed by atoms with Crippen LogP contribution in [0.25, 0.3) is 0 Å². The minimum Gasteiger partial charge on any atom is -0.368 e. The quantitative estimate of drug-likeness (QED) is 0.402. The molecule has 0 saturated carbocycles. The Morgan fingerprint density at radius 1 is 1.25 bits per heavy atom. The predicted molar refractivity (Wildman–Crippen MR) is 123 cm³/mol. The number of amidine groups is 1. The highest BCUT2D eigenvalue weighted by Crippen LogP contribution is 2.22. The van der Waals surface area contributed by atoms with E-state index in [1.165, 1.54) is 0 Å². The van der Waals surface area contributed by atoms with Crippen molar-refractivity contribution in [2.24, 2.45) is 4.99 Å². The molecule has 172 valence electrons. The molecular formula is C22H26ClFN4O3S. The normalized spacial score (nSPS) is 13.5. The third kappa shape index (κ3) is 6.51. The maximum absolute atomic E-state index is 13.1. The van der Waals surface area contributed by atoms with E-state index in [4.69, 9.17) is 11.6 Å². The van der Waals surface area contributed by atoms with Gasteiger partial charge in [-0.2, -0.15) is 0 Å². The molecule has 0 fully saturated rings. The Labute approximate surface area is 192 Å². The number of likely N-dealkylation sites (N-methyl/N-ethyl adjacent to an activating group) is 1. The van der Waals surface area contributed by atoms with Crippen molar-refractivity contribution in [1.82, 2.24) is 15.5 Å². The second-order valence-corrected chi connectivity index (χ2v) is 9.87. The predicted octanol–water partition coefficient (Wildman–Crippen LogP) is 2.24. The molecule has 2 N–H and O–H groups in total. The van der Waals surface area contributed by atoms with Crippen LogP contribution in [-0.4, -0.2) is 64.2 Å². The molecule has 0 atom stereocenters. The van der Waals surface area contributed by atoms with Crippen LogP contribution in [0.2, 0.25) is 5.02 Å². The van der Waals surface area contributed by atoms with Gasteiger partial charge in [0.15, 0.2) is 9.84 Å². The van der Waals surface area contributed by atoms with E-state index in [9.17, 15) is 17.6 Å². The number of nitrogens with zero attached hydrogens (tertiary/aromatic N) is 2. The van der Waals surface area contributed by atoms with Gasteiger partial charge in [-0.25, -0.2) is 12.8 Å². The van der Waals surface area contributed by atoms with Crippen LogP contribution in [0.3, 0.4) is 0 Å². The fourth-order valence-corrected chi connectivity index (χ4v) is 4.96. The zero-order chi connectivity index (χ0) is 23.1. The summed E-state index contributed by atoms with van der Waals surface area (Å²) in [5, 5.41) is 5.83. The Kier molecular flexibility index (Phi) is 8.22. The summed E-state index contributed by atoms with van der Waals surface area (Å²) >= 11 is 5.83. The maximum Gasteiger partial charge on any atom is 0.223 e. The van der Waals surface area contributed by atoms with Crippen molar-refractivity contribution >= 4 is 33.2 Å². The van der Waals surface area contributed by atoms with E-state index in [0.717, 1.165) is 48.3 Å². The number of amides is 1. The average molecular weight is 481 g/mol. The summed E-state index contributed by atoms with van der Waals surface area (Å²) in [4.78, 5) is 18.2. The highest BCUT2D eigenvalue weighted by molar-refractivity contribution is 7.91. The van der Waals surface area contributed by atoms with Gasteiger partial charge in [-0.05, 0) is 30.2 Å². The number of rotatable bonds is 10. The van der Waals surface area contributed by atoms with Gasteiger partial charge >= 0.3 is 0 Å². The molecule has 1 aliphatic rings. The van der Waals surface area contributed by atoms with E-state index in [1.54, 1.807) is 11.9 Å². The van der Waals surface area contributed by atoms with Gasteiger partial charge in [0.05, 0.1) is 16.5 Å². The van der Waals surface area contributed by atoms with E-state index in [-0.39, 0.29) is 34.7 Å². The van der Waals surface area contributed by atoms with Gasteiger partial charge < -0.3 is 15.5 Å². The minimum absolute atomic E-state index is 0.0872. The van der Waals surface area contributed by atoms with E-state index in [2.05, 4.69) is 15.6 Å². The highest BCUT2D eigenvalue weighted by atomic mass is 35.5. The minimum atomic E-state index is -3.73. The number of halogens is 2. The molecule has 0 saturated heterocycles. The Bertz CT molecular complexity index is 1090. The van der Waals surface area contributed by atoms with Crippen molar-refractivity contribution in [1.29, 1.82) is 0 Å². The van der Waals surface area contributed by atoms with Crippen molar-refractivity contribution in [2.75, 3.05) is 39.1 Å². The standard InChI is InChI=1S/C22H26ClFN4O3S/c1-28(13-9-16-2-4-17(5-3-16)22-26-11-12-27-22)21(29)8-10-25-15-32(30,31)20-7-6-18(24)14-19(20)23/h2-7,14,25H,8-13,15H2,1H3,(H,26,27). The third-order valence-corrected chi connectivity index (χ3v) is 7.13. The van der Waals surface area contributed by atoms with E-state index in [1.807, 2.05) is 24.3 Å². The van der Waals surface area contributed by atoms with E-state index in [0.29, 0.717) is 13.0 Å². The van der Waals surface area contributed by atoms with Gasteiger partial charge in [-0.3, -0.25) is 9.79 Å². The first-order chi connectivity index (χ1) is 15.3. The van der Waals surface area contributed by atoms with Crippen molar-refractivity contribution in [3.8, 4) is 0 Å². The van der Waals surface area contributed by atoms with Gasteiger partial charge in [0.25, 0.3) is 0 Å². The molecule has 0 aromatic heterocycles. The number of nitrogens with one attached hydrogen (secondary N) is 2. The molecule has 32 heavy (non-hydrogen) atoms. The monoisotopic (exact) mass is 480 g/mol.